The van der Waals surface area contributed by atoms with E-state index < -0.39 is 0 Å². The van der Waals surface area contributed by atoms with E-state index in [0.717, 1.165) is 13.0 Å². The van der Waals surface area contributed by atoms with Gasteiger partial charge < -0.3 is 5.32 Å². The Bertz CT molecular complexity index is 112. The van der Waals surface area contributed by atoms with Crippen LogP contribution in [-0.2, 0) is 4.79 Å². The molecule has 12 heavy (non-hydrogen) atoms. The fourth-order valence-electron chi connectivity index (χ4n) is 1.13. The van der Waals surface area contributed by atoms with Gasteiger partial charge in [0, 0.05) is 13.5 Å². The van der Waals surface area contributed by atoms with E-state index in [2.05, 4.69) is 19.2 Å². The van der Waals surface area contributed by atoms with Gasteiger partial charge in [-0.25, -0.2) is 0 Å². The fraction of sp³-hybridized carbons (Fsp3) is 0.800. The third-order valence-corrected chi connectivity index (χ3v) is 1.85. The lowest BCUT2D eigenvalue weighted by Gasteiger charge is -2.01. The Labute approximate surface area is 75.7 Å². The van der Waals surface area contributed by atoms with Gasteiger partial charge in [-0.2, -0.15) is 0 Å². The second-order valence-corrected chi connectivity index (χ2v) is 3.12. The Morgan fingerprint density at radius 2 is 1.75 bits per heavy atom. The molecule has 0 aromatic heterocycles. The highest BCUT2D eigenvalue weighted by Crippen LogP contribution is 2.03. The maximum absolute atomic E-state index is 10.4. The molecule has 0 aliphatic rings. The molecule has 0 aromatic carbocycles. The van der Waals surface area contributed by atoms with Crippen molar-refractivity contribution in [3.63, 3.8) is 0 Å². The van der Waals surface area contributed by atoms with Gasteiger partial charge in [-0.15, -0.1) is 0 Å². The Morgan fingerprint density at radius 1 is 1.17 bits per heavy atom. The van der Waals surface area contributed by atoms with Crippen molar-refractivity contribution in [1.29, 1.82) is 0 Å². The summed E-state index contributed by atoms with van der Waals surface area (Å²) in [5, 5.41) is 2.69. The minimum absolute atomic E-state index is 0.163. The first-order chi connectivity index (χ1) is 5.77. The standard InChI is InChI=1S/C10H20NO/c1-3-4-5-6-7-8-9-11-10(2)12/h2-9H2,1H3,(H,11,12). The van der Waals surface area contributed by atoms with E-state index in [-0.39, 0.29) is 5.91 Å². The molecule has 0 spiro atoms. The van der Waals surface area contributed by atoms with E-state index in [1.165, 1.54) is 32.1 Å². The van der Waals surface area contributed by atoms with Gasteiger partial charge in [0.2, 0.25) is 5.91 Å². The number of carbonyl (C=O) groups excluding carboxylic acids is 1. The lowest BCUT2D eigenvalue weighted by Crippen LogP contribution is -2.20. The van der Waals surface area contributed by atoms with E-state index in [1.807, 2.05) is 0 Å². The SMILES string of the molecule is [CH2]C(=O)NCCCCCCCC. The van der Waals surface area contributed by atoms with Crippen LogP contribution in [0.4, 0.5) is 0 Å². The van der Waals surface area contributed by atoms with Crippen LogP contribution in [0.1, 0.15) is 45.4 Å². The van der Waals surface area contributed by atoms with Gasteiger partial charge in [-0.3, -0.25) is 4.79 Å². The topological polar surface area (TPSA) is 29.1 Å². The molecule has 0 aliphatic carbocycles. The van der Waals surface area contributed by atoms with Crippen LogP contribution in [-0.4, -0.2) is 12.5 Å². The van der Waals surface area contributed by atoms with E-state index >= 15 is 0 Å². The molecule has 0 unspecified atom stereocenters. The van der Waals surface area contributed by atoms with Gasteiger partial charge in [0.1, 0.15) is 0 Å². The number of carbonyl (C=O) groups is 1. The van der Waals surface area contributed by atoms with Gasteiger partial charge >= 0.3 is 0 Å². The monoisotopic (exact) mass is 170 g/mol. The van der Waals surface area contributed by atoms with Gasteiger partial charge in [-0.05, 0) is 6.42 Å². The van der Waals surface area contributed by atoms with Crippen molar-refractivity contribution in [3.8, 4) is 0 Å². The highest BCUT2D eigenvalue weighted by atomic mass is 16.1. The van der Waals surface area contributed by atoms with Crippen LogP contribution in [0.25, 0.3) is 0 Å². The van der Waals surface area contributed by atoms with Crippen molar-refractivity contribution in [3.05, 3.63) is 6.92 Å². The molecule has 0 saturated carbocycles. The molecule has 1 N–H and O–H groups in total. The van der Waals surface area contributed by atoms with Crippen LogP contribution < -0.4 is 5.32 Å². The Balaban J connectivity index is 2.86. The van der Waals surface area contributed by atoms with Gasteiger partial charge in [0.25, 0.3) is 0 Å². The quantitative estimate of drug-likeness (QED) is 0.584. The number of rotatable bonds is 7. The van der Waals surface area contributed by atoms with E-state index in [4.69, 9.17) is 0 Å². The van der Waals surface area contributed by atoms with Crippen LogP contribution in [0.3, 0.4) is 0 Å². The zero-order valence-electron chi connectivity index (χ0n) is 8.07. The number of amides is 1. The average molecular weight is 170 g/mol. The second kappa shape index (κ2) is 8.57. The molecular formula is C10H20NO. The number of hydrogen-bond acceptors (Lipinski definition) is 1. The first kappa shape index (κ1) is 11.5. The highest BCUT2D eigenvalue weighted by molar-refractivity contribution is 5.79. The van der Waals surface area contributed by atoms with Crippen LogP contribution in [0.2, 0.25) is 0 Å². The summed E-state index contributed by atoms with van der Waals surface area (Å²) in [4.78, 5) is 10.4. The number of nitrogens with one attached hydrogen (secondary N) is 1. The maximum atomic E-state index is 10.4. The zero-order valence-corrected chi connectivity index (χ0v) is 8.07. The predicted octanol–water partition coefficient (Wildman–Crippen LogP) is 2.30. The summed E-state index contributed by atoms with van der Waals surface area (Å²) in [6.45, 7) is 6.23. The predicted molar refractivity (Wildman–Crippen MR) is 51.7 cm³/mol. The van der Waals surface area contributed by atoms with Crippen LogP contribution in [0.15, 0.2) is 0 Å². The number of unbranched alkanes of at least 4 members (excludes halogenated alkanes) is 5. The molecule has 0 aliphatic heterocycles. The lowest BCUT2D eigenvalue weighted by molar-refractivity contribution is -0.116. The summed E-state index contributed by atoms with van der Waals surface area (Å²) in [7, 11) is 0. The molecule has 0 atom stereocenters. The van der Waals surface area contributed by atoms with Crippen LogP contribution >= 0.6 is 0 Å². The molecular weight excluding hydrogens is 150 g/mol. The normalized spacial score (nSPS) is 9.83. The molecule has 71 valence electrons. The fourth-order valence-corrected chi connectivity index (χ4v) is 1.13. The second-order valence-electron chi connectivity index (χ2n) is 3.12. The lowest BCUT2D eigenvalue weighted by atomic mass is 10.1. The maximum Gasteiger partial charge on any atom is 0.220 e. The Morgan fingerprint density at radius 3 is 2.33 bits per heavy atom. The van der Waals surface area contributed by atoms with Crippen LogP contribution in [0.5, 0.6) is 0 Å². The largest absolute Gasteiger partial charge is 0.356 e. The molecule has 0 saturated heterocycles. The molecule has 0 fully saturated rings. The summed E-state index contributed by atoms with van der Waals surface area (Å²) in [6, 6.07) is 0. The summed E-state index contributed by atoms with van der Waals surface area (Å²) in [6.07, 6.45) is 7.55. The Kier molecular flexibility index (Phi) is 8.19. The van der Waals surface area contributed by atoms with Crippen molar-refractivity contribution in [2.45, 2.75) is 45.4 Å². The summed E-state index contributed by atoms with van der Waals surface area (Å²) >= 11 is 0. The Hall–Kier alpha value is -0.530. The van der Waals surface area contributed by atoms with Gasteiger partial charge in [0.05, 0.1) is 0 Å². The first-order valence-electron chi connectivity index (χ1n) is 4.87. The average Bonchev–Trinajstić information content (AvgIpc) is 2.02. The third-order valence-electron chi connectivity index (χ3n) is 1.85. The van der Waals surface area contributed by atoms with Crippen LogP contribution in [0, 0.1) is 6.92 Å². The third kappa shape index (κ3) is 9.47. The minimum atomic E-state index is -0.163. The van der Waals surface area contributed by atoms with Crippen molar-refractivity contribution < 1.29 is 4.79 Å². The summed E-state index contributed by atoms with van der Waals surface area (Å²) in [5.74, 6) is -0.163. The summed E-state index contributed by atoms with van der Waals surface area (Å²) < 4.78 is 0. The molecule has 2 nitrogen and oxygen atoms in total. The van der Waals surface area contributed by atoms with Crippen molar-refractivity contribution in [2.75, 3.05) is 6.54 Å². The van der Waals surface area contributed by atoms with Crippen molar-refractivity contribution in [2.24, 2.45) is 0 Å². The molecule has 0 aromatic rings. The van der Waals surface area contributed by atoms with Crippen molar-refractivity contribution >= 4 is 5.91 Å². The molecule has 0 heterocycles. The smallest absolute Gasteiger partial charge is 0.220 e. The van der Waals surface area contributed by atoms with E-state index in [1.54, 1.807) is 0 Å². The molecule has 2 heteroatoms. The molecule has 1 amide bonds. The molecule has 0 rings (SSSR count). The molecule has 1 radical (unpaired) electrons. The van der Waals surface area contributed by atoms with Crippen molar-refractivity contribution in [1.82, 2.24) is 5.32 Å². The van der Waals surface area contributed by atoms with Gasteiger partial charge in [-0.1, -0.05) is 39.0 Å². The van der Waals surface area contributed by atoms with E-state index in [9.17, 15) is 4.79 Å². The number of hydrogen-bond donors (Lipinski definition) is 1. The minimum Gasteiger partial charge on any atom is -0.356 e. The highest BCUT2D eigenvalue weighted by Gasteiger charge is 1.91. The van der Waals surface area contributed by atoms with Gasteiger partial charge in [0.15, 0.2) is 0 Å². The summed E-state index contributed by atoms with van der Waals surface area (Å²) in [5.41, 5.74) is 0. The first-order valence-corrected chi connectivity index (χ1v) is 4.87. The zero-order chi connectivity index (χ0) is 9.23. The van der Waals surface area contributed by atoms with E-state index in [0.29, 0.717) is 0 Å². The molecule has 0 bridgehead atoms.